The van der Waals surface area contributed by atoms with E-state index in [1.54, 1.807) is 43.5 Å². The zero-order chi connectivity index (χ0) is 27.8. The zero-order valence-corrected chi connectivity index (χ0v) is 22.6. The molecule has 1 aromatic heterocycles. The van der Waals surface area contributed by atoms with E-state index in [9.17, 15) is 14.7 Å². The van der Waals surface area contributed by atoms with Gasteiger partial charge in [0.2, 0.25) is 5.91 Å². The van der Waals surface area contributed by atoms with Crippen molar-refractivity contribution >= 4 is 56.9 Å². The third-order valence-corrected chi connectivity index (χ3v) is 7.25. The smallest absolute Gasteiger partial charge is 0.341 e. The molecule has 4 aromatic carbocycles. The van der Waals surface area contributed by atoms with E-state index < -0.39 is 18.5 Å². The van der Waals surface area contributed by atoms with Crippen LogP contribution in [0.15, 0.2) is 66.7 Å². The summed E-state index contributed by atoms with van der Waals surface area (Å²) >= 11 is 13.1. The molecule has 0 aliphatic carbocycles. The molecule has 5 aromatic rings. The molecule has 198 valence electrons. The average Bonchev–Trinajstić information content (AvgIpc) is 3.20. The van der Waals surface area contributed by atoms with Crippen LogP contribution in [0.1, 0.15) is 21.5 Å². The highest BCUT2D eigenvalue weighted by molar-refractivity contribution is 6.39. The number of methoxy groups -OCH3 is 1. The molecule has 5 rings (SSSR count). The highest BCUT2D eigenvalue weighted by atomic mass is 35.5. The zero-order valence-electron chi connectivity index (χ0n) is 21.1. The van der Waals surface area contributed by atoms with Gasteiger partial charge in [0.1, 0.15) is 11.5 Å². The predicted molar refractivity (Wildman–Crippen MR) is 153 cm³/mol. The fourth-order valence-electron chi connectivity index (χ4n) is 4.99. The van der Waals surface area contributed by atoms with E-state index in [2.05, 4.69) is 0 Å². The van der Waals surface area contributed by atoms with Gasteiger partial charge in [0.25, 0.3) is 0 Å². The lowest BCUT2D eigenvalue weighted by Gasteiger charge is -2.14. The highest BCUT2D eigenvalue weighted by Gasteiger charge is 2.23. The molecule has 9 heteroatoms. The van der Waals surface area contributed by atoms with Gasteiger partial charge in [0, 0.05) is 33.1 Å². The first-order valence-corrected chi connectivity index (χ1v) is 12.8. The second kappa shape index (κ2) is 10.5. The molecule has 0 fully saturated rings. The number of aromatic nitrogens is 1. The number of hydrogen-bond donors (Lipinski definition) is 2. The minimum Gasteiger partial charge on any atom is -0.496 e. The van der Waals surface area contributed by atoms with Crippen molar-refractivity contribution in [2.24, 2.45) is 5.73 Å². The molecule has 0 radical (unpaired) electrons. The first kappa shape index (κ1) is 26.4. The van der Waals surface area contributed by atoms with Crippen LogP contribution in [0.3, 0.4) is 0 Å². The summed E-state index contributed by atoms with van der Waals surface area (Å²) in [6.07, 6.45) is 0. The first-order chi connectivity index (χ1) is 18.7. The summed E-state index contributed by atoms with van der Waals surface area (Å²) in [5, 5.41) is 11.4. The maximum absolute atomic E-state index is 12.5. The summed E-state index contributed by atoms with van der Waals surface area (Å²) in [6, 6.07) is 20.0. The van der Waals surface area contributed by atoms with Gasteiger partial charge in [-0.1, -0.05) is 47.5 Å². The van der Waals surface area contributed by atoms with Crippen molar-refractivity contribution < 1.29 is 24.2 Å². The van der Waals surface area contributed by atoms with Crippen molar-refractivity contribution in [1.82, 2.24) is 4.57 Å². The molecule has 0 aliphatic rings. The molecule has 3 N–H and O–H groups in total. The highest BCUT2D eigenvalue weighted by Crippen LogP contribution is 2.44. The van der Waals surface area contributed by atoms with E-state index in [1.807, 2.05) is 41.8 Å². The third kappa shape index (κ3) is 4.87. The Labute approximate surface area is 234 Å². The molecule has 39 heavy (non-hydrogen) atoms. The topological polar surface area (TPSA) is 104 Å². The first-order valence-electron chi connectivity index (χ1n) is 12.0. The Kier molecular flexibility index (Phi) is 7.12. The summed E-state index contributed by atoms with van der Waals surface area (Å²) in [5.74, 6) is -0.708. The van der Waals surface area contributed by atoms with E-state index in [1.165, 1.54) is 0 Å². The number of carboxylic acids is 1. The number of carbonyl (C=O) groups excluding carboxylic acids is 1. The fraction of sp³-hybridized carbons (Fsp3) is 0.133. The van der Waals surface area contributed by atoms with Crippen molar-refractivity contribution in [3.05, 3.63) is 93.5 Å². The number of fused-ring (bicyclic) bond motifs is 3. The van der Waals surface area contributed by atoms with Gasteiger partial charge in [-0.25, -0.2) is 4.79 Å². The predicted octanol–water partition coefficient (Wildman–Crippen LogP) is 6.70. The van der Waals surface area contributed by atoms with E-state index >= 15 is 0 Å². The number of halogens is 2. The standard InChI is InChI=1S/C30H24Cl2N2O5/c1-16-11-17(9-10-24(16)38-2)14-34-22-8-3-5-19(30(33)37)28(22)29-23(34)12-18(13-25(29)39-15-26(35)36)27-20(31)6-4-7-21(27)32/h3-13H,14-15H2,1-2H3,(H2,33,37)(H,35,36). The second-order valence-corrected chi connectivity index (χ2v) is 9.92. The normalized spacial score (nSPS) is 11.2. The van der Waals surface area contributed by atoms with E-state index in [0.29, 0.717) is 49.6 Å². The number of aliphatic carboxylic acids is 1. The van der Waals surface area contributed by atoms with Crippen LogP contribution in [0.2, 0.25) is 10.0 Å². The molecule has 0 spiro atoms. The van der Waals surface area contributed by atoms with Gasteiger partial charge in [-0.15, -0.1) is 0 Å². The molecule has 0 atom stereocenters. The molecule has 0 saturated heterocycles. The van der Waals surface area contributed by atoms with Crippen LogP contribution < -0.4 is 15.2 Å². The van der Waals surface area contributed by atoms with Crippen LogP contribution in [-0.4, -0.2) is 35.3 Å². The van der Waals surface area contributed by atoms with Gasteiger partial charge in [-0.3, -0.25) is 4.79 Å². The fourth-order valence-corrected chi connectivity index (χ4v) is 5.61. The van der Waals surface area contributed by atoms with Crippen LogP contribution in [0.4, 0.5) is 0 Å². The van der Waals surface area contributed by atoms with Gasteiger partial charge in [-0.2, -0.15) is 0 Å². The summed E-state index contributed by atoms with van der Waals surface area (Å²) in [5.41, 5.74) is 10.7. The van der Waals surface area contributed by atoms with Gasteiger partial charge in [0.05, 0.1) is 23.5 Å². The summed E-state index contributed by atoms with van der Waals surface area (Å²) in [6.45, 7) is 1.82. The van der Waals surface area contributed by atoms with Crippen molar-refractivity contribution in [1.29, 1.82) is 0 Å². The van der Waals surface area contributed by atoms with Gasteiger partial charge in [0.15, 0.2) is 6.61 Å². The van der Waals surface area contributed by atoms with Gasteiger partial charge >= 0.3 is 5.97 Å². The molecule has 0 aliphatic heterocycles. The lowest BCUT2D eigenvalue weighted by atomic mass is 10.0. The van der Waals surface area contributed by atoms with Crippen molar-refractivity contribution in [2.45, 2.75) is 13.5 Å². The molecule has 7 nitrogen and oxygen atoms in total. The largest absolute Gasteiger partial charge is 0.496 e. The van der Waals surface area contributed by atoms with Crippen LogP contribution in [0.25, 0.3) is 32.9 Å². The number of carbonyl (C=O) groups is 2. The SMILES string of the molecule is COc1ccc(Cn2c3cc(-c4c(Cl)cccc4Cl)cc(OCC(=O)O)c3c3c(C(N)=O)cccc32)cc1C. The molecule has 0 unspecified atom stereocenters. The number of amides is 1. The molecule has 1 heterocycles. The number of carboxylic acid groups (broad SMARTS) is 1. The summed E-state index contributed by atoms with van der Waals surface area (Å²) in [7, 11) is 1.63. The van der Waals surface area contributed by atoms with E-state index in [0.717, 1.165) is 22.4 Å². The quantitative estimate of drug-likeness (QED) is 0.219. The van der Waals surface area contributed by atoms with Gasteiger partial charge < -0.3 is 24.9 Å². The Morgan fingerprint density at radius 1 is 0.923 bits per heavy atom. The third-order valence-electron chi connectivity index (χ3n) is 6.62. The number of nitrogens with two attached hydrogens (primary N) is 1. The number of nitrogens with zero attached hydrogens (tertiary/aromatic N) is 1. The monoisotopic (exact) mass is 562 g/mol. The van der Waals surface area contributed by atoms with E-state index in [4.69, 9.17) is 38.4 Å². The molecule has 1 amide bonds. The average molecular weight is 563 g/mol. The number of primary amides is 1. The number of hydrogen-bond acceptors (Lipinski definition) is 4. The second-order valence-electron chi connectivity index (χ2n) is 9.10. The number of ether oxygens (including phenoxy) is 2. The minimum absolute atomic E-state index is 0.268. The number of aryl methyl sites for hydroxylation is 1. The minimum atomic E-state index is -1.14. The van der Waals surface area contributed by atoms with Crippen LogP contribution in [0, 0.1) is 6.92 Å². The molecule has 0 bridgehead atoms. The maximum Gasteiger partial charge on any atom is 0.341 e. The Balaban J connectivity index is 1.88. The lowest BCUT2D eigenvalue weighted by Crippen LogP contribution is -2.11. The van der Waals surface area contributed by atoms with Crippen LogP contribution >= 0.6 is 23.2 Å². The van der Waals surface area contributed by atoms with Gasteiger partial charge in [-0.05, 0) is 66.1 Å². The summed E-state index contributed by atoms with van der Waals surface area (Å²) in [4.78, 5) is 24.0. The van der Waals surface area contributed by atoms with Crippen molar-refractivity contribution in [3.63, 3.8) is 0 Å². The Hall–Kier alpha value is -4.20. The van der Waals surface area contributed by atoms with Crippen LogP contribution in [0.5, 0.6) is 11.5 Å². The Bertz CT molecular complexity index is 1760. The number of rotatable bonds is 8. The van der Waals surface area contributed by atoms with Crippen molar-refractivity contribution in [3.8, 4) is 22.6 Å². The lowest BCUT2D eigenvalue weighted by molar-refractivity contribution is -0.139. The Morgan fingerprint density at radius 3 is 2.28 bits per heavy atom. The number of benzene rings is 4. The van der Waals surface area contributed by atoms with Crippen LogP contribution in [-0.2, 0) is 11.3 Å². The molecule has 0 saturated carbocycles. The Morgan fingerprint density at radius 2 is 1.64 bits per heavy atom. The summed E-state index contributed by atoms with van der Waals surface area (Å²) < 4.78 is 13.3. The molecular weight excluding hydrogens is 539 g/mol. The van der Waals surface area contributed by atoms with E-state index in [-0.39, 0.29) is 5.75 Å². The maximum atomic E-state index is 12.5. The van der Waals surface area contributed by atoms with Crippen molar-refractivity contribution in [2.75, 3.05) is 13.7 Å². The molecular formula is C30H24Cl2N2O5.